The standard InChI is InChI=1S/C13H24N2O3S/c1-5-9(2)10(11(16)17)14-12(18)15-6-7-19-13(3,4)8-15/h9-10H,5-8H2,1-4H3,(H,14,18)(H,16,17)/t9-,10-/m0/s1. The first-order chi connectivity index (χ1) is 8.76. The van der Waals surface area contributed by atoms with Crippen LogP contribution in [0.4, 0.5) is 4.79 Å². The van der Waals surface area contributed by atoms with Crippen molar-refractivity contribution in [2.24, 2.45) is 5.92 Å². The average Bonchev–Trinajstić information content (AvgIpc) is 2.33. The van der Waals surface area contributed by atoms with Crippen molar-refractivity contribution in [3.63, 3.8) is 0 Å². The van der Waals surface area contributed by atoms with E-state index in [4.69, 9.17) is 0 Å². The molecule has 0 aliphatic carbocycles. The zero-order valence-corrected chi connectivity index (χ0v) is 12.9. The Morgan fingerprint density at radius 1 is 1.47 bits per heavy atom. The molecule has 2 atom stereocenters. The van der Waals surface area contributed by atoms with Crippen LogP contribution in [0.3, 0.4) is 0 Å². The Bertz CT molecular complexity index is 347. The molecule has 1 saturated heterocycles. The molecule has 2 N–H and O–H groups in total. The van der Waals surface area contributed by atoms with Gasteiger partial charge in [0, 0.05) is 23.6 Å². The van der Waals surface area contributed by atoms with Gasteiger partial charge in [-0.25, -0.2) is 9.59 Å². The van der Waals surface area contributed by atoms with Crippen molar-refractivity contribution in [1.82, 2.24) is 10.2 Å². The maximum absolute atomic E-state index is 12.2. The number of nitrogens with one attached hydrogen (secondary N) is 1. The molecule has 2 amide bonds. The number of hydrogen-bond donors (Lipinski definition) is 2. The molecule has 1 heterocycles. The van der Waals surface area contributed by atoms with Crippen LogP contribution >= 0.6 is 11.8 Å². The Morgan fingerprint density at radius 3 is 2.58 bits per heavy atom. The average molecular weight is 288 g/mol. The highest BCUT2D eigenvalue weighted by molar-refractivity contribution is 8.00. The van der Waals surface area contributed by atoms with E-state index in [9.17, 15) is 14.7 Å². The predicted molar refractivity (Wildman–Crippen MR) is 77.5 cm³/mol. The quantitative estimate of drug-likeness (QED) is 0.830. The molecule has 0 aromatic carbocycles. The van der Waals surface area contributed by atoms with Gasteiger partial charge in [-0.05, 0) is 19.8 Å². The summed E-state index contributed by atoms with van der Waals surface area (Å²) in [5.74, 6) is -0.149. The minimum atomic E-state index is -0.964. The lowest BCUT2D eigenvalue weighted by molar-refractivity contribution is -0.140. The fraction of sp³-hybridized carbons (Fsp3) is 0.846. The van der Waals surface area contributed by atoms with Crippen LogP contribution in [0, 0.1) is 5.92 Å². The van der Waals surface area contributed by atoms with Crippen molar-refractivity contribution in [2.75, 3.05) is 18.8 Å². The van der Waals surface area contributed by atoms with Gasteiger partial charge in [0.2, 0.25) is 0 Å². The van der Waals surface area contributed by atoms with Crippen LogP contribution in [0.5, 0.6) is 0 Å². The molecule has 6 heteroatoms. The van der Waals surface area contributed by atoms with E-state index in [0.29, 0.717) is 13.1 Å². The molecule has 0 aromatic heterocycles. The number of aliphatic carboxylic acids is 1. The summed E-state index contributed by atoms with van der Waals surface area (Å²) in [4.78, 5) is 25.1. The summed E-state index contributed by atoms with van der Waals surface area (Å²) >= 11 is 1.84. The third-order valence-electron chi connectivity index (χ3n) is 3.47. The van der Waals surface area contributed by atoms with Gasteiger partial charge < -0.3 is 15.3 Å². The lowest BCUT2D eigenvalue weighted by Gasteiger charge is -2.38. The van der Waals surface area contributed by atoms with Crippen molar-refractivity contribution in [3.8, 4) is 0 Å². The monoisotopic (exact) mass is 288 g/mol. The van der Waals surface area contributed by atoms with E-state index >= 15 is 0 Å². The van der Waals surface area contributed by atoms with Gasteiger partial charge in [-0.1, -0.05) is 20.3 Å². The minimum absolute atomic E-state index is 0.0324. The Labute approximate surface area is 119 Å². The maximum Gasteiger partial charge on any atom is 0.326 e. The number of rotatable bonds is 4. The molecule has 1 fully saturated rings. The van der Waals surface area contributed by atoms with Crippen molar-refractivity contribution >= 4 is 23.8 Å². The topological polar surface area (TPSA) is 69.6 Å². The zero-order valence-electron chi connectivity index (χ0n) is 12.1. The number of hydrogen-bond acceptors (Lipinski definition) is 3. The van der Waals surface area contributed by atoms with Crippen molar-refractivity contribution in [2.45, 2.75) is 44.9 Å². The summed E-state index contributed by atoms with van der Waals surface area (Å²) in [6.07, 6.45) is 0.721. The van der Waals surface area contributed by atoms with Crippen LogP contribution in [0.25, 0.3) is 0 Å². The van der Waals surface area contributed by atoms with Crippen LogP contribution in [-0.4, -0.2) is 51.6 Å². The number of amides is 2. The summed E-state index contributed by atoms with van der Waals surface area (Å²) in [6.45, 7) is 9.28. The number of carbonyl (C=O) groups is 2. The smallest absolute Gasteiger partial charge is 0.326 e. The molecule has 0 saturated carbocycles. The summed E-state index contributed by atoms with van der Waals surface area (Å²) < 4.78 is 0.0324. The van der Waals surface area contributed by atoms with Gasteiger partial charge in [0.05, 0.1) is 0 Å². The number of urea groups is 1. The molecule has 1 aliphatic heterocycles. The van der Waals surface area contributed by atoms with Gasteiger partial charge in [-0.15, -0.1) is 0 Å². The molecule has 1 aliphatic rings. The van der Waals surface area contributed by atoms with Gasteiger partial charge in [0.15, 0.2) is 0 Å². The lowest BCUT2D eigenvalue weighted by Crippen LogP contribution is -2.55. The third kappa shape index (κ3) is 4.60. The van der Waals surface area contributed by atoms with Gasteiger partial charge >= 0.3 is 12.0 Å². The number of nitrogens with zero attached hydrogens (tertiary/aromatic N) is 1. The van der Waals surface area contributed by atoms with Crippen molar-refractivity contribution < 1.29 is 14.7 Å². The molecule has 0 aromatic rings. The SMILES string of the molecule is CC[C@H](C)[C@H](NC(=O)N1CCSC(C)(C)C1)C(=O)O. The summed E-state index contributed by atoms with van der Waals surface area (Å²) in [5, 5.41) is 11.8. The van der Waals surface area contributed by atoms with Gasteiger partial charge in [-0.2, -0.15) is 11.8 Å². The molecule has 0 spiro atoms. The highest BCUT2D eigenvalue weighted by Gasteiger charge is 2.32. The van der Waals surface area contributed by atoms with Crippen LogP contribution in [0.2, 0.25) is 0 Å². The Balaban J connectivity index is 2.64. The maximum atomic E-state index is 12.2. The van der Waals surface area contributed by atoms with Crippen LogP contribution in [0.1, 0.15) is 34.1 Å². The number of thioether (sulfide) groups is 1. The van der Waals surface area contributed by atoms with Crippen molar-refractivity contribution in [3.05, 3.63) is 0 Å². The summed E-state index contributed by atoms with van der Waals surface area (Å²) in [7, 11) is 0. The van der Waals surface area contributed by atoms with E-state index in [1.807, 2.05) is 25.6 Å². The number of carboxylic acids is 1. The first-order valence-electron chi connectivity index (χ1n) is 6.69. The van der Waals surface area contributed by atoms with Crippen LogP contribution in [-0.2, 0) is 4.79 Å². The second-order valence-corrected chi connectivity index (χ2v) is 7.48. The number of carboxylic acid groups (broad SMARTS) is 1. The molecule has 110 valence electrons. The zero-order chi connectivity index (χ0) is 14.6. The van der Waals surface area contributed by atoms with E-state index in [1.54, 1.807) is 4.90 Å². The predicted octanol–water partition coefficient (Wildman–Crippen LogP) is 2.02. The van der Waals surface area contributed by atoms with Gasteiger partial charge in [0.25, 0.3) is 0 Å². The van der Waals surface area contributed by atoms with E-state index in [1.165, 1.54) is 0 Å². The molecule has 19 heavy (non-hydrogen) atoms. The Kier molecular flexibility index (Phi) is 5.52. The summed E-state index contributed by atoms with van der Waals surface area (Å²) in [5.41, 5.74) is 0. The molecule has 5 nitrogen and oxygen atoms in total. The summed E-state index contributed by atoms with van der Waals surface area (Å²) in [6, 6.07) is -1.07. The van der Waals surface area contributed by atoms with E-state index in [0.717, 1.165) is 12.2 Å². The molecular formula is C13H24N2O3S. The van der Waals surface area contributed by atoms with Crippen LogP contribution < -0.4 is 5.32 Å². The van der Waals surface area contributed by atoms with Crippen molar-refractivity contribution in [1.29, 1.82) is 0 Å². The Morgan fingerprint density at radius 2 is 2.11 bits per heavy atom. The highest BCUT2D eigenvalue weighted by Crippen LogP contribution is 2.29. The second-order valence-electron chi connectivity index (χ2n) is 5.68. The molecular weight excluding hydrogens is 264 g/mol. The minimum Gasteiger partial charge on any atom is -0.480 e. The largest absolute Gasteiger partial charge is 0.480 e. The third-order valence-corrected chi connectivity index (χ3v) is 4.77. The van der Waals surface area contributed by atoms with Crippen LogP contribution in [0.15, 0.2) is 0 Å². The first kappa shape index (κ1) is 16.1. The van der Waals surface area contributed by atoms with Gasteiger partial charge in [-0.3, -0.25) is 0 Å². The molecule has 0 bridgehead atoms. The molecule has 0 unspecified atom stereocenters. The normalized spacial score (nSPS) is 21.6. The fourth-order valence-electron chi connectivity index (χ4n) is 2.10. The van der Waals surface area contributed by atoms with Gasteiger partial charge in [0.1, 0.15) is 6.04 Å². The number of carbonyl (C=O) groups excluding carboxylic acids is 1. The van der Waals surface area contributed by atoms with E-state index in [-0.39, 0.29) is 16.7 Å². The first-order valence-corrected chi connectivity index (χ1v) is 7.67. The fourth-order valence-corrected chi connectivity index (χ4v) is 3.21. The highest BCUT2D eigenvalue weighted by atomic mass is 32.2. The molecule has 0 radical (unpaired) electrons. The van der Waals surface area contributed by atoms with E-state index < -0.39 is 12.0 Å². The Hall–Kier alpha value is -0.910. The lowest BCUT2D eigenvalue weighted by atomic mass is 9.99. The molecule has 1 rings (SSSR count). The van der Waals surface area contributed by atoms with E-state index in [2.05, 4.69) is 19.2 Å². The second kappa shape index (κ2) is 6.50.